The van der Waals surface area contributed by atoms with E-state index in [0.717, 1.165) is 0 Å². The van der Waals surface area contributed by atoms with Crippen molar-refractivity contribution >= 4 is 23.3 Å². The van der Waals surface area contributed by atoms with E-state index < -0.39 is 5.97 Å². The molecule has 0 bridgehead atoms. The molecule has 2 amide bonds. The predicted molar refractivity (Wildman–Crippen MR) is 79.6 cm³/mol. The summed E-state index contributed by atoms with van der Waals surface area (Å²) in [5.41, 5.74) is 0.0195. The summed E-state index contributed by atoms with van der Waals surface area (Å²) in [4.78, 5) is 30.9. The molecule has 8 heteroatoms. The standard InChI is InChI=1S/C13H20N4O3S/c1-8-5-17(6-9(2)16(8)3)13(20)14-4-11-15-10(7-21-11)12(18)19/h7-9H,4-6H2,1-3H3,(H,14,20)(H,18,19). The lowest BCUT2D eigenvalue weighted by Crippen LogP contribution is -2.58. The zero-order valence-electron chi connectivity index (χ0n) is 12.4. The van der Waals surface area contributed by atoms with Crippen LogP contribution in [-0.2, 0) is 6.54 Å². The van der Waals surface area contributed by atoms with Crippen LogP contribution in [-0.4, -0.2) is 64.1 Å². The van der Waals surface area contributed by atoms with Gasteiger partial charge in [-0.15, -0.1) is 11.3 Å². The van der Waals surface area contributed by atoms with Crippen LogP contribution in [0.4, 0.5) is 4.79 Å². The van der Waals surface area contributed by atoms with Crippen LogP contribution in [0, 0.1) is 0 Å². The molecule has 0 saturated carbocycles. The van der Waals surface area contributed by atoms with E-state index >= 15 is 0 Å². The summed E-state index contributed by atoms with van der Waals surface area (Å²) in [6.07, 6.45) is 0. The van der Waals surface area contributed by atoms with Crippen LogP contribution in [0.2, 0.25) is 0 Å². The first kappa shape index (κ1) is 15.7. The summed E-state index contributed by atoms with van der Waals surface area (Å²) in [6, 6.07) is 0.504. The Morgan fingerprint density at radius 1 is 1.43 bits per heavy atom. The first-order valence-corrected chi connectivity index (χ1v) is 7.69. The van der Waals surface area contributed by atoms with Crippen LogP contribution < -0.4 is 5.32 Å². The predicted octanol–water partition coefficient (Wildman–Crippen LogP) is 1.08. The highest BCUT2D eigenvalue weighted by Gasteiger charge is 2.29. The average Bonchev–Trinajstić information content (AvgIpc) is 2.90. The number of carbonyl (C=O) groups excluding carboxylic acids is 1. The first-order valence-electron chi connectivity index (χ1n) is 6.81. The molecule has 1 aliphatic heterocycles. The molecule has 1 saturated heterocycles. The number of nitrogens with zero attached hydrogens (tertiary/aromatic N) is 3. The lowest BCUT2D eigenvalue weighted by atomic mass is 10.1. The van der Waals surface area contributed by atoms with E-state index in [1.165, 1.54) is 16.7 Å². The molecule has 1 aromatic heterocycles. The molecule has 1 aromatic rings. The van der Waals surface area contributed by atoms with Crippen molar-refractivity contribution in [1.29, 1.82) is 0 Å². The van der Waals surface area contributed by atoms with Gasteiger partial charge in [0.05, 0.1) is 6.54 Å². The molecule has 2 N–H and O–H groups in total. The lowest BCUT2D eigenvalue weighted by Gasteiger charge is -2.42. The Bertz CT molecular complexity index is 521. The number of likely N-dealkylation sites (N-methyl/N-ethyl adjacent to an activating group) is 1. The second-order valence-corrected chi connectivity index (χ2v) is 6.30. The summed E-state index contributed by atoms with van der Waals surface area (Å²) in [5.74, 6) is -1.05. The summed E-state index contributed by atoms with van der Waals surface area (Å²) in [5, 5.41) is 13.7. The molecule has 21 heavy (non-hydrogen) atoms. The maximum absolute atomic E-state index is 12.2. The number of hydrogen-bond donors (Lipinski definition) is 2. The highest BCUT2D eigenvalue weighted by atomic mass is 32.1. The van der Waals surface area contributed by atoms with Crippen molar-refractivity contribution in [3.63, 3.8) is 0 Å². The fourth-order valence-electron chi connectivity index (χ4n) is 2.32. The van der Waals surface area contributed by atoms with E-state index in [2.05, 4.69) is 36.1 Å². The molecule has 2 heterocycles. The van der Waals surface area contributed by atoms with Crippen LogP contribution >= 0.6 is 11.3 Å². The van der Waals surface area contributed by atoms with E-state index in [0.29, 0.717) is 30.2 Å². The van der Waals surface area contributed by atoms with Crippen LogP contribution in [0.15, 0.2) is 5.38 Å². The van der Waals surface area contributed by atoms with Gasteiger partial charge in [-0.2, -0.15) is 0 Å². The number of aromatic nitrogens is 1. The maximum atomic E-state index is 12.2. The SMILES string of the molecule is CC1CN(C(=O)NCc2nc(C(=O)O)cs2)CC(C)N1C. The number of piperazine rings is 1. The molecule has 1 aliphatic rings. The van der Waals surface area contributed by atoms with Crippen molar-refractivity contribution in [1.82, 2.24) is 20.1 Å². The zero-order chi connectivity index (χ0) is 15.6. The van der Waals surface area contributed by atoms with Gasteiger partial charge in [-0.05, 0) is 20.9 Å². The third-order valence-electron chi connectivity index (χ3n) is 3.81. The first-order chi connectivity index (χ1) is 9.88. The Hall–Kier alpha value is -1.67. The fourth-order valence-corrected chi connectivity index (χ4v) is 3.03. The molecule has 2 rings (SSSR count). The molecular formula is C13H20N4O3S. The highest BCUT2D eigenvalue weighted by Crippen LogP contribution is 2.14. The molecule has 116 valence electrons. The topological polar surface area (TPSA) is 85.8 Å². The van der Waals surface area contributed by atoms with Gasteiger partial charge >= 0.3 is 12.0 Å². The Kier molecular flexibility index (Phi) is 4.79. The lowest BCUT2D eigenvalue weighted by molar-refractivity contribution is 0.0691. The number of nitrogens with one attached hydrogen (secondary N) is 1. The van der Waals surface area contributed by atoms with Crippen molar-refractivity contribution < 1.29 is 14.7 Å². The van der Waals surface area contributed by atoms with Gasteiger partial charge in [-0.1, -0.05) is 0 Å². The number of carbonyl (C=O) groups is 2. The second-order valence-electron chi connectivity index (χ2n) is 5.36. The van der Waals surface area contributed by atoms with Gasteiger partial charge in [0, 0.05) is 30.6 Å². The van der Waals surface area contributed by atoms with Crippen molar-refractivity contribution in [2.75, 3.05) is 20.1 Å². The molecule has 2 unspecified atom stereocenters. The van der Waals surface area contributed by atoms with Crippen LogP contribution in [0.1, 0.15) is 29.3 Å². The quantitative estimate of drug-likeness (QED) is 0.872. The summed E-state index contributed by atoms with van der Waals surface area (Å²) < 4.78 is 0. The number of thiazole rings is 1. The number of carboxylic acids is 1. The summed E-state index contributed by atoms with van der Waals surface area (Å²) in [7, 11) is 2.06. The molecule has 0 radical (unpaired) electrons. The Morgan fingerprint density at radius 3 is 2.57 bits per heavy atom. The van der Waals surface area contributed by atoms with Gasteiger partial charge in [-0.25, -0.2) is 14.6 Å². The molecule has 2 atom stereocenters. The smallest absolute Gasteiger partial charge is 0.355 e. The van der Waals surface area contributed by atoms with Crippen molar-refractivity contribution in [2.45, 2.75) is 32.5 Å². The van der Waals surface area contributed by atoms with Crippen LogP contribution in [0.5, 0.6) is 0 Å². The van der Waals surface area contributed by atoms with E-state index in [9.17, 15) is 9.59 Å². The van der Waals surface area contributed by atoms with Crippen LogP contribution in [0.25, 0.3) is 0 Å². The van der Waals surface area contributed by atoms with E-state index in [4.69, 9.17) is 5.11 Å². The summed E-state index contributed by atoms with van der Waals surface area (Å²) in [6.45, 7) is 5.81. The minimum atomic E-state index is -1.05. The number of hydrogen-bond acceptors (Lipinski definition) is 5. The van der Waals surface area contributed by atoms with Gasteiger partial charge in [-0.3, -0.25) is 4.90 Å². The Balaban J connectivity index is 1.88. The molecule has 0 aromatic carbocycles. The Morgan fingerprint density at radius 2 is 2.05 bits per heavy atom. The van der Waals surface area contributed by atoms with Gasteiger partial charge in [0.1, 0.15) is 5.01 Å². The van der Waals surface area contributed by atoms with E-state index in [1.807, 2.05) is 0 Å². The second kappa shape index (κ2) is 6.40. The van der Waals surface area contributed by atoms with Gasteiger partial charge < -0.3 is 15.3 Å². The normalized spacial score (nSPS) is 23.1. The number of aromatic carboxylic acids is 1. The fraction of sp³-hybridized carbons (Fsp3) is 0.615. The molecule has 0 aliphatic carbocycles. The third-order valence-corrected chi connectivity index (χ3v) is 4.66. The highest BCUT2D eigenvalue weighted by molar-refractivity contribution is 7.09. The molecular weight excluding hydrogens is 292 g/mol. The monoisotopic (exact) mass is 312 g/mol. The number of urea groups is 1. The van der Waals surface area contributed by atoms with Crippen molar-refractivity contribution in [3.8, 4) is 0 Å². The number of carboxylic acid groups (broad SMARTS) is 1. The minimum Gasteiger partial charge on any atom is -0.476 e. The average molecular weight is 312 g/mol. The van der Waals surface area contributed by atoms with Crippen molar-refractivity contribution in [3.05, 3.63) is 16.1 Å². The third kappa shape index (κ3) is 3.70. The van der Waals surface area contributed by atoms with Gasteiger partial charge in [0.2, 0.25) is 0 Å². The molecule has 7 nitrogen and oxygen atoms in total. The van der Waals surface area contributed by atoms with Crippen LogP contribution in [0.3, 0.4) is 0 Å². The Labute approximate surface area is 127 Å². The zero-order valence-corrected chi connectivity index (χ0v) is 13.2. The summed E-state index contributed by atoms with van der Waals surface area (Å²) >= 11 is 1.23. The molecule has 0 spiro atoms. The van der Waals surface area contributed by atoms with E-state index in [-0.39, 0.29) is 18.3 Å². The van der Waals surface area contributed by atoms with Gasteiger partial charge in [0.15, 0.2) is 5.69 Å². The van der Waals surface area contributed by atoms with E-state index in [1.54, 1.807) is 4.90 Å². The van der Waals surface area contributed by atoms with Crippen molar-refractivity contribution in [2.24, 2.45) is 0 Å². The largest absolute Gasteiger partial charge is 0.476 e. The number of rotatable bonds is 3. The minimum absolute atomic E-state index is 0.0195. The molecule has 1 fully saturated rings. The maximum Gasteiger partial charge on any atom is 0.355 e. The number of amides is 2. The van der Waals surface area contributed by atoms with Gasteiger partial charge in [0.25, 0.3) is 0 Å².